The van der Waals surface area contributed by atoms with Gasteiger partial charge >= 0.3 is 0 Å². The van der Waals surface area contributed by atoms with Crippen molar-refractivity contribution in [1.82, 2.24) is 0 Å². The zero-order valence-corrected chi connectivity index (χ0v) is 13.2. The first kappa shape index (κ1) is 14.7. The van der Waals surface area contributed by atoms with Crippen LogP contribution in [0.4, 0.5) is 0 Å². The predicted molar refractivity (Wildman–Crippen MR) is 82.3 cm³/mol. The summed E-state index contributed by atoms with van der Waals surface area (Å²) < 4.78 is 11.7. The fourth-order valence-corrected chi connectivity index (χ4v) is 2.93. The Hall–Kier alpha value is -0.700. The third kappa shape index (κ3) is 4.41. The number of rotatable bonds is 6. The molecule has 0 aliphatic heterocycles. The molecule has 0 atom stereocenters. The number of halogens is 1. The monoisotopic (exact) mass is 326 g/mol. The summed E-state index contributed by atoms with van der Waals surface area (Å²) in [6, 6.07) is 6.19. The molecule has 0 unspecified atom stereocenters. The van der Waals surface area contributed by atoms with Crippen LogP contribution < -0.4 is 9.47 Å². The Kier molecular flexibility index (Phi) is 6.02. The van der Waals surface area contributed by atoms with E-state index in [9.17, 15) is 0 Å². The summed E-state index contributed by atoms with van der Waals surface area (Å²) in [4.78, 5) is 0. The smallest absolute Gasteiger partial charge is 0.161 e. The van der Waals surface area contributed by atoms with Gasteiger partial charge in [0.25, 0.3) is 0 Å². The third-order valence-corrected chi connectivity index (χ3v) is 4.31. The van der Waals surface area contributed by atoms with Crippen LogP contribution in [-0.2, 0) is 5.33 Å². The van der Waals surface area contributed by atoms with Crippen molar-refractivity contribution in [2.75, 3.05) is 13.2 Å². The number of benzene rings is 1. The van der Waals surface area contributed by atoms with Gasteiger partial charge in [-0.05, 0) is 43.4 Å². The number of ether oxygens (including phenoxy) is 2. The SMILES string of the molecule is CCOc1cc(CBr)ccc1OCC1CCCCC1. The summed E-state index contributed by atoms with van der Waals surface area (Å²) in [6.45, 7) is 3.50. The Morgan fingerprint density at radius 2 is 1.89 bits per heavy atom. The lowest BCUT2D eigenvalue weighted by Gasteiger charge is -2.22. The molecular formula is C16H23BrO2. The van der Waals surface area contributed by atoms with Crippen LogP contribution in [0, 0.1) is 5.92 Å². The Bertz CT molecular complexity index is 386. The van der Waals surface area contributed by atoms with Crippen LogP contribution in [0.3, 0.4) is 0 Å². The lowest BCUT2D eigenvalue weighted by atomic mass is 9.90. The summed E-state index contributed by atoms with van der Waals surface area (Å²) in [5.74, 6) is 2.48. The lowest BCUT2D eigenvalue weighted by Crippen LogP contribution is -2.15. The molecule has 19 heavy (non-hydrogen) atoms. The van der Waals surface area contributed by atoms with Crippen LogP contribution in [-0.4, -0.2) is 13.2 Å². The Morgan fingerprint density at radius 1 is 1.11 bits per heavy atom. The Labute approximate surface area is 124 Å². The van der Waals surface area contributed by atoms with Crippen LogP contribution in [0.1, 0.15) is 44.6 Å². The van der Waals surface area contributed by atoms with Gasteiger partial charge in [-0.2, -0.15) is 0 Å². The van der Waals surface area contributed by atoms with Crippen LogP contribution in [0.2, 0.25) is 0 Å². The largest absolute Gasteiger partial charge is 0.490 e. The molecular weight excluding hydrogens is 304 g/mol. The topological polar surface area (TPSA) is 18.5 Å². The summed E-state index contributed by atoms with van der Waals surface area (Å²) in [7, 11) is 0. The highest BCUT2D eigenvalue weighted by Crippen LogP contribution is 2.31. The van der Waals surface area contributed by atoms with Crippen molar-refractivity contribution >= 4 is 15.9 Å². The van der Waals surface area contributed by atoms with Gasteiger partial charge in [-0.1, -0.05) is 41.3 Å². The molecule has 0 aromatic heterocycles. The first-order valence-electron chi connectivity index (χ1n) is 7.28. The fraction of sp³-hybridized carbons (Fsp3) is 0.625. The van der Waals surface area contributed by atoms with Crippen molar-refractivity contribution in [3.05, 3.63) is 23.8 Å². The van der Waals surface area contributed by atoms with Gasteiger partial charge in [-0.25, -0.2) is 0 Å². The second kappa shape index (κ2) is 7.78. The standard InChI is InChI=1S/C16H23BrO2/c1-2-18-16-10-14(11-17)8-9-15(16)19-12-13-6-4-3-5-7-13/h8-10,13H,2-7,11-12H2,1H3. The minimum Gasteiger partial charge on any atom is -0.490 e. The molecule has 1 aromatic rings. The maximum absolute atomic E-state index is 5.99. The summed E-state index contributed by atoms with van der Waals surface area (Å²) in [5.41, 5.74) is 1.22. The normalized spacial score (nSPS) is 16.3. The number of alkyl halides is 1. The highest BCUT2D eigenvalue weighted by molar-refractivity contribution is 9.08. The maximum Gasteiger partial charge on any atom is 0.161 e. The number of hydrogen-bond donors (Lipinski definition) is 0. The molecule has 0 saturated heterocycles. The molecule has 0 bridgehead atoms. The molecule has 2 rings (SSSR count). The van der Waals surface area contributed by atoms with E-state index < -0.39 is 0 Å². The van der Waals surface area contributed by atoms with Crippen molar-refractivity contribution in [3.8, 4) is 11.5 Å². The van der Waals surface area contributed by atoms with E-state index in [1.54, 1.807) is 0 Å². The molecule has 0 N–H and O–H groups in total. The quantitative estimate of drug-likeness (QED) is 0.689. The summed E-state index contributed by atoms with van der Waals surface area (Å²) in [6.07, 6.45) is 6.72. The lowest BCUT2D eigenvalue weighted by molar-refractivity contribution is 0.199. The van der Waals surface area contributed by atoms with E-state index in [0.29, 0.717) is 6.61 Å². The molecule has 2 nitrogen and oxygen atoms in total. The highest BCUT2D eigenvalue weighted by atomic mass is 79.9. The predicted octanol–water partition coefficient (Wildman–Crippen LogP) is 4.94. The molecule has 0 amide bonds. The van der Waals surface area contributed by atoms with E-state index in [-0.39, 0.29) is 0 Å². The van der Waals surface area contributed by atoms with E-state index in [1.807, 2.05) is 13.0 Å². The van der Waals surface area contributed by atoms with Crippen molar-refractivity contribution in [3.63, 3.8) is 0 Å². The van der Waals surface area contributed by atoms with Crippen molar-refractivity contribution in [1.29, 1.82) is 0 Å². The highest BCUT2D eigenvalue weighted by Gasteiger charge is 2.15. The molecule has 0 spiro atoms. The van der Waals surface area contributed by atoms with Crippen molar-refractivity contribution < 1.29 is 9.47 Å². The van der Waals surface area contributed by atoms with E-state index in [1.165, 1.54) is 37.7 Å². The first-order chi connectivity index (χ1) is 9.33. The Balaban J connectivity index is 1.97. The molecule has 1 aromatic carbocycles. The van der Waals surface area contributed by atoms with Gasteiger partial charge in [0.2, 0.25) is 0 Å². The maximum atomic E-state index is 5.99. The number of hydrogen-bond acceptors (Lipinski definition) is 2. The van der Waals surface area contributed by atoms with Crippen molar-refractivity contribution in [2.24, 2.45) is 5.92 Å². The molecule has 3 heteroatoms. The van der Waals surface area contributed by atoms with Gasteiger partial charge in [0.15, 0.2) is 11.5 Å². The molecule has 0 heterocycles. The van der Waals surface area contributed by atoms with Crippen LogP contribution in [0.5, 0.6) is 11.5 Å². The van der Waals surface area contributed by atoms with E-state index in [4.69, 9.17) is 9.47 Å². The zero-order chi connectivity index (χ0) is 13.5. The van der Waals surface area contributed by atoms with Gasteiger partial charge in [0, 0.05) is 5.33 Å². The van der Waals surface area contributed by atoms with Gasteiger partial charge in [0.1, 0.15) is 0 Å². The minimum absolute atomic E-state index is 0.672. The molecule has 1 saturated carbocycles. The fourth-order valence-electron chi connectivity index (χ4n) is 2.58. The van der Waals surface area contributed by atoms with Gasteiger partial charge in [0.05, 0.1) is 13.2 Å². The van der Waals surface area contributed by atoms with E-state index in [0.717, 1.165) is 29.4 Å². The third-order valence-electron chi connectivity index (χ3n) is 3.66. The molecule has 106 valence electrons. The van der Waals surface area contributed by atoms with Crippen molar-refractivity contribution in [2.45, 2.75) is 44.4 Å². The van der Waals surface area contributed by atoms with E-state index in [2.05, 4.69) is 28.1 Å². The zero-order valence-electron chi connectivity index (χ0n) is 11.7. The molecule has 0 radical (unpaired) electrons. The average molecular weight is 327 g/mol. The Morgan fingerprint density at radius 3 is 2.58 bits per heavy atom. The molecule has 1 fully saturated rings. The van der Waals surface area contributed by atoms with Crippen LogP contribution in [0.15, 0.2) is 18.2 Å². The summed E-state index contributed by atoms with van der Waals surface area (Å²) in [5, 5.41) is 0.843. The first-order valence-corrected chi connectivity index (χ1v) is 8.40. The molecule has 1 aliphatic rings. The van der Waals surface area contributed by atoms with Crippen LogP contribution in [0.25, 0.3) is 0 Å². The second-order valence-electron chi connectivity index (χ2n) is 5.16. The summed E-state index contributed by atoms with van der Waals surface area (Å²) >= 11 is 3.47. The van der Waals surface area contributed by atoms with Crippen LogP contribution >= 0.6 is 15.9 Å². The van der Waals surface area contributed by atoms with Gasteiger partial charge in [-0.3, -0.25) is 0 Å². The second-order valence-corrected chi connectivity index (χ2v) is 5.72. The van der Waals surface area contributed by atoms with Gasteiger partial charge in [-0.15, -0.1) is 0 Å². The van der Waals surface area contributed by atoms with Gasteiger partial charge < -0.3 is 9.47 Å². The minimum atomic E-state index is 0.672. The average Bonchev–Trinajstić information content (AvgIpc) is 2.47. The molecule has 1 aliphatic carbocycles. The van der Waals surface area contributed by atoms with E-state index >= 15 is 0 Å².